The summed E-state index contributed by atoms with van der Waals surface area (Å²) in [5.41, 5.74) is 3.36. The lowest BCUT2D eigenvalue weighted by atomic mass is 9.98. The van der Waals surface area contributed by atoms with Gasteiger partial charge in [0.05, 0.1) is 12.8 Å². The average molecular weight is 255 g/mol. The average Bonchev–Trinajstić information content (AvgIpc) is 2.48. The van der Waals surface area contributed by atoms with Gasteiger partial charge in [-0.1, -0.05) is 12.1 Å². The quantitative estimate of drug-likeness (QED) is 0.915. The molecule has 2 aromatic rings. The Labute approximate surface area is 112 Å². The van der Waals surface area contributed by atoms with Crippen LogP contribution in [0.4, 0.5) is 11.6 Å². The number of aryl methyl sites for hydroxylation is 2. The van der Waals surface area contributed by atoms with E-state index in [0.29, 0.717) is 5.95 Å². The Bertz CT molecular complexity index is 583. The molecule has 1 N–H and O–H groups in total. The van der Waals surface area contributed by atoms with E-state index in [1.54, 1.807) is 7.11 Å². The molecule has 1 aliphatic rings. The van der Waals surface area contributed by atoms with E-state index in [4.69, 9.17) is 4.74 Å². The third-order valence-corrected chi connectivity index (χ3v) is 3.42. The van der Waals surface area contributed by atoms with Gasteiger partial charge in [-0.05, 0) is 43.4 Å². The molecule has 1 heterocycles. The summed E-state index contributed by atoms with van der Waals surface area (Å²) in [5, 5.41) is 3.23. The van der Waals surface area contributed by atoms with Gasteiger partial charge in [-0.25, -0.2) is 9.97 Å². The first-order valence-electron chi connectivity index (χ1n) is 6.61. The molecule has 19 heavy (non-hydrogen) atoms. The van der Waals surface area contributed by atoms with Crippen LogP contribution in [0.25, 0.3) is 0 Å². The van der Waals surface area contributed by atoms with Gasteiger partial charge in [-0.3, -0.25) is 0 Å². The molecule has 0 atom stereocenters. The molecule has 0 spiro atoms. The van der Waals surface area contributed by atoms with Crippen LogP contribution in [0.15, 0.2) is 30.5 Å². The fraction of sp³-hybridized carbons (Fsp3) is 0.333. The van der Waals surface area contributed by atoms with Crippen molar-refractivity contribution in [3.8, 4) is 5.75 Å². The van der Waals surface area contributed by atoms with Crippen molar-refractivity contribution in [1.29, 1.82) is 0 Å². The topological polar surface area (TPSA) is 47.0 Å². The maximum Gasteiger partial charge on any atom is 0.227 e. The monoisotopic (exact) mass is 255 g/mol. The second-order valence-electron chi connectivity index (χ2n) is 4.70. The van der Waals surface area contributed by atoms with Crippen molar-refractivity contribution in [2.24, 2.45) is 0 Å². The van der Waals surface area contributed by atoms with E-state index in [1.807, 2.05) is 30.5 Å². The summed E-state index contributed by atoms with van der Waals surface area (Å²) in [6, 6.07) is 7.78. The highest BCUT2D eigenvalue weighted by Gasteiger charge is 2.12. The largest absolute Gasteiger partial charge is 0.495 e. The molecule has 98 valence electrons. The number of fused-ring (bicyclic) bond motifs is 1. The number of anilines is 2. The van der Waals surface area contributed by atoms with Crippen molar-refractivity contribution in [2.45, 2.75) is 25.7 Å². The van der Waals surface area contributed by atoms with Crippen molar-refractivity contribution < 1.29 is 4.74 Å². The Morgan fingerprint density at radius 1 is 1.16 bits per heavy atom. The standard InChI is InChI=1S/C15H17N3O/c1-19-14-9-5-4-8-13(14)18-15-16-10-11-6-2-3-7-12(11)17-15/h4-5,8-10H,2-3,6-7H2,1H3,(H,16,17,18). The van der Waals surface area contributed by atoms with E-state index in [-0.39, 0.29) is 0 Å². The Balaban J connectivity index is 1.87. The summed E-state index contributed by atoms with van der Waals surface area (Å²) in [5.74, 6) is 1.44. The number of nitrogens with zero attached hydrogens (tertiary/aromatic N) is 2. The first-order valence-corrected chi connectivity index (χ1v) is 6.61. The van der Waals surface area contributed by atoms with Gasteiger partial charge in [0, 0.05) is 11.9 Å². The van der Waals surface area contributed by atoms with Crippen LogP contribution in [0, 0.1) is 0 Å². The Hall–Kier alpha value is -2.10. The van der Waals surface area contributed by atoms with Crippen molar-refractivity contribution in [3.05, 3.63) is 41.7 Å². The normalized spacial score (nSPS) is 13.7. The molecule has 0 aliphatic heterocycles. The van der Waals surface area contributed by atoms with Crippen LogP contribution < -0.4 is 10.1 Å². The lowest BCUT2D eigenvalue weighted by molar-refractivity contribution is 0.417. The highest BCUT2D eigenvalue weighted by molar-refractivity contribution is 5.62. The molecule has 3 rings (SSSR count). The summed E-state index contributed by atoms with van der Waals surface area (Å²) in [6.07, 6.45) is 6.57. The molecule has 0 fully saturated rings. The van der Waals surface area contributed by atoms with Crippen molar-refractivity contribution in [2.75, 3.05) is 12.4 Å². The molecular weight excluding hydrogens is 238 g/mol. The molecule has 0 bridgehead atoms. The van der Waals surface area contributed by atoms with Gasteiger partial charge >= 0.3 is 0 Å². The number of methoxy groups -OCH3 is 1. The molecule has 0 saturated carbocycles. The van der Waals surface area contributed by atoms with Crippen LogP contribution in [0.2, 0.25) is 0 Å². The molecular formula is C15H17N3O. The highest BCUT2D eigenvalue weighted by Crippen LogP contribution is 2.26. The molecule has 0 radical (unpaired) electrons. The zero-order valence-electron chi connectivity index (χ0n) is 11.0. The fourth-order valence-corrected chi connectivity index (χ4v) is 2.40. The minimum absolute atomic E-state index is 0.644. The summed E-state index contributed by atoms with van der Waals surface area (Å²) in [7, 11) is 1.66. The van der Waals surface area contributed by atoms with E-state index in [0.717, 1.165) is 24.3 Å². The van der Waals surface area contributed by atoms with Gasteiger partial charge in [0.25, 0.3) is 0 Å². The summed E-state index contributed by atoms with van der Waals surface area (Å²) >= 11 is 0. The van der Waals surface area contributed by atoms with Gasteiger partial charge in [0.15, 0.2) is 0 Å². The smallest absolute Gasteiger partial charge is 0.227 e. The Morgan fingerprint density at radius 2 is 2.00 bits per heavy atom. The number of ether oxygens (including phenoxy) is 1. The van der Waals surface area contributed by atoms with Crippen LogP contribution in [0.1, 0.15) is 24.1 Å². The molecule has 1 aromatic carbocycles. The van der Waals surface area contributed by atoms with Crippen molar-refractivity contribution in [3.63, 3.8) is 0 Å². The number of hydrogen-bond acceptors (Lipinski definition) is 4. The highest BCUT2D eigenvalue weighted by atomic mass is 16.5. The van der Waals surface area contributed by atoms with E-state index in [9.17, 15) is 0 Å². The predicted octanol–water partition coefficient (Wildman–Crippen LogP) is 3.11. The predicted molar refractivity (Wildman–Crippen MR) is 75.0 cm³/mol. The van der Waals surface area contributed by atoms with Crippen LogP contribution >= 0.6 is 0 Å². The number of benzene rings is 1. The summed E-state index contributed by atoms with van der Waals surface area (Å²) < 4.78 is 5.31. The molecule has 1 aromatic heterocycles. The van der Waals surface area contributed by atoms with Gasteiger partial charge in [0.1, 0.15) is 5.75 Å². The minimum atomic E-state index is 0.644. The maximum atomic E-state index is 5.31. The van der Waals surface area contributed by atoms with Gasteiger partial charge in [0.2, 0.25) is 5.95 Å². The van der Waals surface area contributed by atoms with Gasteiger partial charge in [-0.2, -0.15) is 0 Å². The Kier molecular flexibility index (Phi) is 3.31. The van der Waals surface area contributed by atoms with Crippen LogP contribution in [0.3, 0.4) is 0 Å². The van der Waals surface area contributed by atoms with Crippen molar-refractivity contribution >= 4 is 11.6 Å². The SMILES string of the molecule is COc1ccccc1Nc1ncc2c(n1)CCCC2. The molecule has 1 aliphatic carbocycles. The van der Waals surface area contributed by atoms with Gasteiger partial charge < -0.3 is 10.1 Å². The van der Waals surface area contributed by atoms with Crippen LogP contribution in [-0.2, 0) is 12.8 Å². The molecule has 4 nitrogen and oxygen atoms in total. The lowest BCUT2D eigenvalue weighted by Crippen LogP contribution is -2.08. The number of rotatable bonds is 3. The van der Waals surface area contributed by atoms with E-state index in [1.165, 1.54) is 24.1 Å². The zero-order valence-corrected chi connectivity index (χ0v) is 11.0. The fourth-order valence-electron chi connectivity index (χ4n) is 2.40. The second-order valence-corrected chi connectivity index (χ2v) is 4.70. The van der Waals surface area contributed by atoms with E-state index >= 15 is 0 Å². The third kappa shape index (κ3) is 2.52. The number of aromatic nitrogens is 2. The van der Waals surface area contributed by atoms with Gasteiger partial charge in [-0.15, -0.1) is 0 Å². The minimum Gasteiger partial charge on any atom is -0.495 e. The van der Waals surface area contributed by atoms with E-state index in [2.05, 4.69) is 15.3 Å². The third-order valence-electron chi connectivity index (χ3n) is 3.42. The van der Waals surface area contributed by atoms with Crippen molar-refractivity contribution in [1.82, 2.24) is 9.97 Å². The zero-order chi connectivity index (χ0) is 13.1. The molecule has 0 amide bonds. The van der Waals surface area contributed by atoms with Crippen LogP contribution in [0.5, 0.6) is 5.75 Å². The van der Waals surface area contributed by atoms with E-state index < -0.39 is 0 Å². The summed E-state index contributed by atoms with van der Waals surface area (Å²) in [6.45, 7) is 0. The first-order chi connectivity index (χ1) is 9.36. The summed E-state index contributed by atoms with van der Waals surface area (Å²) in [4.78, 5) is 8.99. The first kappa shape index (κ1) is 12.0. The Morgan fingerprint density at radius 3 is 2.89 bits per heavy atom. The number of para-hydroxylation sites is 2. The molecule has 0 saturated heterocycles. The second kappa shape index (κ2) is 5.26. The maximum absolute atomic E-state index is 5.31. The number of hydrogen-bond donors (Lipinski definition) is 1. The lowest BCUT2D eigenvalue weighted by Gasteiger charge is -2.15. The molecule has 4 heteroatoms. The molecule has 0 unspecified atom stereocenters. The van der Waals surface area contributed by atoms with Crippen LogP contribution in [-0.4, -0.2) is 17.1 Å². The number of nitrogens with one attached hydrogen (secondary N) is 1.